The van der Waals surface area contributed by atoms with Crippen LogP contribution in [0.2, 0.25) is 0 Å². The number of amides is 1. The van der Waals surface area contributed by atoms with Crippen LogP contribution in [0.5, 0.6) is 0 Å². The van der Waals surface area contributed by atoms with Gasteiger partial charge in [0.05, 0.1) is 0 Å². The molecule has 4 nitrogen and oxygen atoms in total. The van der Waals surface area contributed by atoms with Crippen LogP contribution in [0.25, 0.3) is 0 Å². The van der Waals surface area contributed by atoms with Gasteiger partial charge in [0.1, 0.15) is 0 Å². The Balaban J connectivity index is 1.50. The van der Waals surface area contributed by atoms with Crippen molar-refractivity contribution in [2.45, 2.75) is 70.4 Å². The molecule has 26 heavy (non-hydrogen) atoms. The van der Waals surface area contributed by atoms with Crippen molar-refractivity contribution in [3.05, 3.63) is 35.4 Å². The average Bonchev–Trinajstić information content (AvgIpc) is 2.88. The first-order chi connectivity index (χ1) is 12.6. The maximum absolute atomic E-state index is 11.5. The number of piperidine rings is 1. The van der Waals surface area contributed by atoms with Crippen molar-refractivity contribution in [2.24, 2.45) is 11.7 Å². The van der Waals surface area contributed by atoms with Gasteiger partial charge in [0.15, 0.2) is 0 Å². The Morgan fingerprint density at radius 3 is 2.69 bits per heavy atom. The Kier molecular flexibility index (Phi) is 6.71. The van der Waals surface area contributed by atoms with Crippen LogP contribution in [0.1, 0.15) is 74.2 Å². The highest BCUT2D eigenvalue weighted by Gasteiger charge is 2.40. The van der Waals surface area contributed by atoms with E-state index in [9.17, 15) is 4.79 Å². The fourth-order valence-electron chi connectivity index (χ4n) is 4.74. The van der Waals surface area contributed by atoms with Crippen LogP contribution in [0, 0.1) is 5.92 Å². The molecule has 1 unspecified atom stereocenters. The third-order valence-electron chi connectivity index (χ3n) is 6.49. The molecule has 1 amide bonds. The second-order valence-electron chi connectivity index (χ2n) is 8.35. The standard InChI is InChI=1S/C22H35N3O/c1-3-16(2)15-24-10-5-11-25-20-8-9-21(25)14-19(13-20)17-6-4-7-18(12-17)22(23)26/h4,6-7,12,16,19-21,24H,3,5,8-11,13-15H2,1-2H3,(H2,23,26)/t16?,19-,20+,21-. The SMILES string of the molecule is CCC(C)CNCCCN1[C@@H]2CC[C@H]1C[C@@H](c1cccc(C(N)=O)c1)C2. The lowest BCUT2D eigenvalue weighted by Gasteiger charge is -2.39. The molecule has 4 atom stereocenters. The van der Waals surface area contributed by atoms with Gasteiger partial charge >= 0.3 is 0 Å². The van der Waals surface area contributed by atoms with E-state index in [0.717, 1.165) is 19.0 Å². The predicted molar refractivity (Wildman–Crippen MR) is 107 cm³/mol. The van der Waals surface area contributed by atoms with Crippen LogP contribution in [0.3, 0.4) is 0 Å². The van der Waals surface area contributed by atoms with Crippen molar-refractivity contribution >= 4 is 5.91 Å². The van der Waals surface area contributed by atoms with Crippen molar-refractivity contribution in [3.63, 3.8) is 0 Å². The minimum Gasteiger partial charge on any atom is -0.366 e. The molecular weight excluding hydrogens is 322 g/mol. The van der Waals surface area contributed by atoms with E-state index in [2.05, 4.69) is 30.1 Å². The van der Waals surface area contributed by atoms with E-state index in [1.807, 2.05) is 18.2 Å². The first kappa shape index (κ1) is 19.4. The van der Waals surface area contributed by atoms with Crippen LogP contribution < -0.4 is 11.1 Å². The van der Waals surface area contributed by atoms with E-state index in [0.29, 0.717) is 23.6 Å². The van der Waals surface area contributed by atoms with Crippen molar-refractivity contribution in [1.29, 1.82) is 0 Å². The molecule has 3 N–H and O–H groups in total. The summed E-state index contributed by atoms with van der Waals surface area (Å²) in [5.74, 6) is 1.03. The highest BCUT2D eigenvalue weighted by atomic mass is 16.1. The molecule has 2 saturated heterocycles. The molecule has 0 radical (unpaired) electrons. The van der Waals surface area contributed by atoms with Crippen molar-refractivity contribution in [1.82, 2.24) is 10.2 Å². The molecule has 3 rings (SSSR count). The third kappa shape index (κ3) is 4.66. The first-order valence-electron chi connectivity index (χ1n) is 10.4. The maximum Gasteiger partial charge on any atom is 0.248 e. The summed E-state index contributed by atoms with van der Waals surface area (Å²) >= 11 is 0. The number of carbonyl (C=O) groups excluding carboxylic acids is 1. The third-order valence-corrected chi connectivity index (χ3v) is 6.49. The maximum atomic E-state index is 11.5. The summed E-state index contributed by atoms with van der Waals surface area (Å²) in [7, 11) is 0. The number of primary amides is 1. The number of hydrogen-bond acceptors (Lipinski definition) is 3. The monoisotopic (exact) mass is 357 g/mol. The lowest BCUT2D eigenvalue weighted by atomic mass is 9.84. The summed E-state index contributed by atoms with van der Waals surface area (Å²) in [6, 6.07) is 9.41. The average molecular weight is 358 g/mol. The zero-order valence-corrected chi connectivity index (χ0v) is 16.4. The van der Waals surface area contributed by atoms with Gasteiger partial charge in [0.25, 0.3) is 0 Å². The van der Waals surface area contributed by atoms with Gasteiger partial charge in [-0.15, -0.1) is 0 Å². The van der Waals surface area contributed by atoms with Gasteiger partial charge in [-0.05, 0) is 81.3 Å². The molecule has 0 spiro atoms. The number of benzene rings is 1. The van der Waals surface area contributed by atoms with Gasteiger partial charge in [0, 0.05) is 17.6 Å². The summed E-state index contributed by atoms with van der Waals surface area (Å²) in [5.41, 5.74) is 7.40. The van der Waals surface area contributed by atoms with Crippen LogP contribution in [0.15, 0.2) is 24.3 Å². The lowest BCUT2D eigenvalue weighted by Crippen LogP contribution is -2.43. The number of rotatable bonds is 9. The van der Waals surface area contributed by atoms with Crippen LogP contribution in [-0.2, 0) is 0 Å². The van der Waals surface area contributed by atoms with Gasteiger partial charge in [0.2, 0.25) is 5.91 Å². The molecule has 2 aliphatic rings. The lowest BCUT2D eigenvalue weighted by molar-refractivity contribution is 0.1000. The summed E-state index contributed by atoms with van der Waals surface area (Å²) in [6.07, 6.45) is 7.60. The molecule has 0 aliphatic carbocycles. The quantitative estimate of drug-likeness (QED) is 0.665. The summed E-state index contributed by atoms with van der Waals surface area (Å²) in [6.45, 7) is 8.06. The Morgan fingerprint density at radius 2 is 2.04 bits per heavy atom. The molecule has 2 fully saturated rings. The second-order valence-corrected chi connectivity index (χ2v) is 8.35. The number of hydrogen-bond donors (Lipinski definition) is 2. The zero-order chi connectivity index (χ0) is 18.5. The van der Waals surface area contributed by atoms with Gasteiger partial charge in [-0.1, -0.05) is 32.4 Å². The molecule has 0 saturated carbocycles. The topological polar surface area (TPSA) is 58.4 Å². The van der Waals surface area contributed by atoms with Crippen molar-refractivity contribution in [2.75, 3.05) is 19.6 Å². The van der Waals surface area contributed by atoms with Gasteiger partial charge in [-0.25, -0.2) is 0 Å². The minimum absolute atomic E-state index is 0.322. The van der Waals surface area contributed by atoms with E-state index in [1.54, 1.807) is 0 Å². The smallest absolute Gasteiger partial charge is 0.248 e. The molecule has 4 heteroatoms. The zero-order valence-electron chi connectivity index (χ0n) is 16.4. The number of nitrogens with two attached hydrogens (primary N) is 1. The summed E-state index contributed by atoms with van der Waals surface area (Å²) < 4.78 is 0. The number of nitrogens with one attached hydrogen (secondary N) is 1. The van der Waals surface area contributed by atoms with Crippen LogP contribution in [-0.4, -0.2) is 42.5 Å². The number of fused-ring (bicyclic) bond motifs is 2. The number of carbonyl (C=O) groups is 1. The summed E-state index contributed by atoms with van der Waals surface area (Å²) in [4.78, 5) is 14.2. The van der Waals surface area contributed by atoms with E-state index in [-0.39, 0.29) is 5.91 Å². The Labute approximate surface area is 158 Å². The van der Waals surface area contributed by atoms with Crippen LogP contribution >= 0.6 is 0 Å². The van der Waals surface area contributed by atoms with Gasteiger partial charge < -0.3 is 11.1 Å². The fraction of sp³-hybridized carbons (Fsp3) is 0.682. The molecule has 144 valence electrons. The van der Waals surface area contributed by atoms with Gasteiger partial charge in [-0.2, -0.15) is 0 Å². The minimum atomic E-state index is -0.322. The molecule has 2 bridgehead atoms. The molecule has 0 aromatic heterocycles. The number of nitrogens with zero attached hydrogens (tertiary/aromatic N) is 1. The molecular formula is C22H35N3O. The van der Waals surface area contributed by atoms with Crippen LogP contribution in [0.4, 0.5) is 0 Å². The van der Waals surface area contributed by atoms with E-state index in [1.165, 1.54) is 50.6 Å². The van der Waals surface area contributed by atoms with Crippen molar-refractivity contribution < 1.29 is 4.79 Å². The second kappa shape index (κ2) is 9.01. The Bertz CT molecular complexity index is 589. The fourth-order valence-corrected chi connectivity index (χ4v) is 4.74. The van der Waals surface area contributed by atoms with E-state index < -0.39 is 0 Å². The van der Waals surface area contributed by atoms with E-state index in [4.69, 9.17) is 5.73 Å². The Morgan fingerprint density at radius 1 is 1.31 bits per heavy atom. The molecule has 2 aliphatic heterocycles. The van der Waals surface area contributed by atoms with Gasteiger partial charge in [-0.3, -0.25) is 9.69 Å². The molecule has 1 aromatic carbocycles. The van der Waals surface area contributed by atoms with E-state index >= 15 is 0 Å². The van der Waals surface area contributed by atoms with Crippen molar-refractivity contribution in [3.8, 4) is 0 Å². The first-order valence-corrected chi connectivity index (χ1v) is 10.4. The predicted octanol–water partition coefficient (Wildman–Crippen LogP) is 3.52. The summed E-state index contributed by atoms with van der Waals surface area (Å²) in [5, 5.41) is 3.61. The molecule has 1 aromatic rings. The normalized spacial score (nSPS) is 26.8. The largest absolute Gasteiger partial charge is 0.366 e. The Hall–Kier alpha value is -1.39. The highest BCUT2D eigenvalue weighted by molar-refractivity contribution is 5.92. The highest BCUT2D eigenvalue weighted by Crippen LogP contribution is 2.43. The molecule has 2 heterocycles.